The Morgan fingerprint density at radius 1 is 0.885 bits per heavy atom. The Morgan fingerprint density at radius 2 is 1.58 bits per heavy atom. The van der Waals surface area contributed by atoms with Gasteiger partial charge in [-0.3, -0.25) is 9.59 Å². The molecule has 134 valence electrons. The summed E-state index contributed by atoms with van der Waals surface area (Å²) in [5.74, 6) is 0.808. The van der Waals surface area contributed by atoms with Gasteiger partial charge in [-0.05, 0) is 37.0 Å². The van der Waals surface area contributed by atoms with Gasteiger partial charge in [0.1, 0.15) is 0 Å². The van der Waals surface area contributed by atoms with E-state index in [0.717, 1.165) is 17.5 Å². The maximum absolute atomic E-state index is 12.8. The number of aryl methyl sites for hydroxylation is 1. The van der Waals surface area contributed by atoms with Crippen LogP contribution in [0.5, 0.6) is 0 Å². The monoisotopic (exact) mass is 348 g/mol. The van der Waals surface area contributed by atoms with Crippen LogP contribution >= 0.6 is 0 Å². The lowest BCUT2D eigenvalue weighted by Gasteiger charge is -2.35. The molecule has 2 aromatic rings. The lowest BCUT2D eigenvalue weighted by molar-refractivity contribution is -0.134. The van der Waals surface area contributed by atoms with Crippen LogP contribution in [0.3, 0.4) is 0 Å². The summed E-state index contributed by atoms with van der Waals surface area (Å²) in [4.78, 5) is 29.2. The average molecular weight is 348 g/mol. The van der Waals surface area contributed by atoms with Crippen LogP contribution in [0.25, 0.3) is 0 Å². The topological polar surface area (TPSA) is 40.6 Å². The molecule has 1 saturated carbocycles. The van der Waals surface area contributed by atoms with Gasteiger partial charge < -0.3 is 9.80 Å². The number of amides is 2. The van der Waals surface area contributed by atoms with Crippen molar-refractivity contribution < 1.29 is 9.59 Å². The average Bonchev–Trinajstić information content (AvgIpc) is 3.48. The Balaban J connectivity index is 1.33. The van der Waals surface area contributed by atoms with Crippen molar-refractivity contribution in [3.63, 3.8) is 0 Å². The summed E-state index contributed by atoms with van der Waals surface area (Å²) in [6.45, 7) is 4.48. The molecule has 2 atom stereocenters. The maximum Gasteiger partial charge on any atom is 0.253 e. The predicted molar refractivity (Wildman–Crippen MR) is 101 cm³/mol. The molecule has 26 heavy (non-hydrogen) atoms. The minimum atomic E-state index is 0.0642. The highest BCUT2D eigenvalue weighted by atomic mass is 16.2. The third kappa shape index (κ3) is 3.36. The Bertz CT molecular complexity index is 810. The quantitative estimate of drug-likeness (QED) is 0.855. The first-order valence-electron chi connectivity index (χ1n) is 9.33. The summed E-state index contributed by atoms with van der Waals surface area (Å²) in [7, 11) is 0. The number of rotatable bonds is 3. The van der Waals surface area contributed by atoms with Gasteiger partial charge in [-0.25, -0.2) is 0 Å². The Hall–Kier alpha value is -2.62. The second-order valence-corrected chi connectivity index (χ2v) is 7.35. The second-order valence-electron chi connectivity index (χ2n) is 7.35. The molecule has 2 amide bonds. The fourth-order valence-electron chi connectivity index (χ4n) is 3.86. The van der Waals surface area contributed by atoms with E-state index in [9.17, 15) is 9.59 Å². The van der Waals surface area contributed by atoms with Crippen LogP contribution in [0.4, 0.5) is 0 Å². The molecule has 4 rings (SSSR count). The summed E-state index contributed by atoms with van der Waals surface area (Å²) in [5, 5.41) is 0. The van der Waals surface area contributed by atoms with Crippen molar-refractivity contribution in [3.05, 3.63) is 71.3 Å². The van der Waals surface area contributed by atoms with Crippen molar-refractivity contribution in [1.29, 1.82) is 0 Å². The molecule has 1 aliphatic heterocycles. The van der Waals surface area contributed by atoms with Crippen molar-refractivity contribution in [1.82, 2.24) is 9.80 Å². The molecule has 1 saturated heterocycles. The Labute approximate surface area is 154 Å². The zero-order valence-corrected chi connectivity index (χ0v) is 15.1. The van der Waals surface area contributed by atoms with Gasteiger partial charge in [0.25, 0.3) is 5.91 Å². The third-order valence-corrected chi connectivity index (χ3v) is 5.48. The van der Waals surface area contributed by atoms with E-state index in [1.54, 1.807) is 0 Å². The third-order valence-electron chi connectivity index (χ3n) is 5.48. The normalized spacial score (nSPS) is 22.2. The number of piperazine rings is 1. The highest BCUT2D eigenvalue weighted by Gasteiger charge is 2.46. The summed E-state index contributed by atoms with van der Waals surface area (Å²) in [6, 6.07) is 18.0. The standard InChI is InChI=1S/C22H24N2O2/c1-16-6-5-9-18(14-16)21(25)23-10-12-24(13-11-23)22(26)20-15-19(20)17-7-3-2-4-8-17/h2-9,14,19-20H,10-13,15H2,1H3. The van der Waals surface area contributed by atoms with E-state index < -0.39 is 0 Å². The van der Waals surface area contributed by atoms with Crippen LogP contribution in [0.1, 0.15) is 33.8 Å². The molecular weight excluding hydrogens is 324 g/mol. The molecule has 0 radical (unpaired) electrons. The van der Waals surface area contributed by atoms with Crippen LogP contribution in [-0.2, 0) is 4.79 Å². The molecular formula is C22H24N2O2. The predicted octanol–water partition coefficient (Wildman–Crippen LogP) is 3.08. The van der Waals surface area contributed by atoms with E-state index >= 15 is 0 Å². The molecule has 4 nitrogen and oxygen atoms in total. The first kappa shape index (κ1) is 16.8. The van der Waals surface area contributed by atoms with Crippen molar-refractivity contribution in [2.24, 2.45) is 5.92 Å². The van der Waals surface area contributed by atoms with E-state index in [-0.39, 0.29) is 17.7 Å². The summed E-state index contributed by atoms with van der Waals surface area (Å²) >= 11 is 0. The SMILES string of the molecule is Cc1cccc(C(=O)N2CCN(C(=O)C3CC3c3ccccc3)CC2)c1. The molecule has 2 unspecified atom stereocenters. The number of hydrogen-bond donors (Lipinski definition) is 0. The molecule has 1 heterocycles. The molecule has 0 spiro atoms. The van der Waals surface area contributed by atoms with Gasteiger partial charge in [0.15, 0.2) is 0 Å². The van der Waals surface area contributed by atoms with Crippen LogP contribution in [0, 0.1) is 12.8 Å². The summed E-state index contributed by atoms with van der Waals surface area (Å²) in [6.07, 6.45) is 0.950. The first-order chi connectivity index (χ1) is 12.6. The summed E-state index contributed by atoms with van der Waals surface area (Å²) in [5.41, 5.74) is 3.08. The van der Waals surface area contributed by atoms with Crippen LogP contribution in [-0.4, -0.2) is 47.8 Å². The lowest BCUT2D eigenvalue weighted by Crippen LogP contribution is -2.51. The maximum atomic E-state index is 12.8. The number of carbonyl (C=O) groups excluding carboxylic acids is 2. The molecule has 4 heteroatoms. The minimum Gasteiger partial charge on any atom is -0.339 e. The fraction of sp³-hybridized carbons (Fsp3) is 0.364. The smallest absolute Gasteiger partial charge is 0.253 e. The number of carbonyl (C=O) groups is 2. The van der Waals surface area contributed by atoms with Crippen LogP contribution < -0.4 is 0 Å². The van der Waals surface area contributed by atoms with Crippen LogP contribution in [0.15, 0.2) is 54.6 Å². The zero-order valence-electron chi connectivity index (χ0n) is 15.1. The molecule has 2 aromatic carbocycles. The van der Waals surface area contributed by atoms with Crippen molar-refractivity contribution in [2.75, 3.05) is 26.2 Å². The number of hydrogen-bond acceptors (Lipinski definition) is 2. The Morgan fingerprint density at radius 3 is 2.27 bits per heavy atom. The Kier molecular flexibility index (Phi) is 4.49. The van der Waals surface area contributed by atoms with E-state index in [0.29, 0.717) is 32.1 Å². The fourth-order valence-corrected chi connectivity index (χ4v) is 3.86. The van der Waals surface area contributed by atoms with E-state index in [1.165, 1.54) is 5.56 Å². The lowest BCUT2D eigenvalue weighted by atomic mass is 10.1. The van der Waals surface area contributed by atoms with Gasteiger partial charge >= 0.3 is 0 Å². The van der Waals surface area contributed by atoms with E-state index in [1.807, 2.05) is 59.2 Å². The first-order valence-corrected chi connectivity index (χ1v) is 9.33. The number of benzene rings is 2. The second kappa shape index (κ2) is 6.94. The zero-order chi connectivity index (χ0) is 18.1. The van der Waals surface area contributed by atoms with E-state index in [2.05, 4.69) is 12.1 Å². The molecule has 2 fully saturated rings. The van der Waals surface area contributed by atoms with Crippen molar-refractivity contribution in [3.8, 4) is 0 Å². The van der Waals surface area contributed by atoms with E-state index in [4.69, 9.17) is 0 Å². The van der Waals surface area contributed by atoms with Gasteiger partial charge in [-0.15, -0.1) is 0 Å². The molecule has 1 aliphatic carbocycles. The molecule has 2 aliphatic rings. The number of nitrogens with zero attached hydrogens (tertiary/aromatic N) is 2. The van der Waals surface area contributed by atoms with Gasteiger partial charge in [-0.1, -0.05) is 48.0 Å². The summed E-state index contributed by atoms with van der Waals surface area (Å²) < 4.78 is 0. The molecule has 0 bridgehead atoms. The highest BCUT2D eigenvalue weighted by Crippen LogP contribution is 2.48. The highest BCUT2D eigenvalue weighted by molar-refractivity contribution is 5.94. The molecule has 0 aromatic heterocycles. The van der Waals surface area contributed by atoms with Gasteiger partial charge in [-0.2, -0.15) is 0 Å². The van der Waals surface area contributed by atoms with Crippen molar-refractivity contribution >= 4 is 11.8 Å². The van der Waals surface area contributed by atoms with Crippen molar-refractivity contribution in [2.45, 2.75) is 19.3 Å². The molecule has 0 N–H and O–H groups in total. The van der Waals surface area contributed by atoms with Gasteiger partial charge in [0, 0.05) is 37.7 Å². The van der Waals surface area contributed by atoms with Gasteiger partial charge in [0.05, 0.1) is 0 Å². The van der Waals surface area contributed by atoms with Gasteiger partial charge in [0.2, 0.25) is 5.91 Å². The minimum absolute atomic E-state index is 0.0642. The largest absolute Gasteiger partial charge is 0.339 e. The van der Waals surface area contributed by atoms with Crippen LogP contribution in [0.2, 0.25) is 0 Å².